The minimum absolute atomic E-state index is 0.0400. The zero-order valence-corrected chi connectivity index (χ0v) is 16.8. The first kappa shape index (κ1) is 19.2. The molecule has 2 heterocycles. The number of amides is 2. The Hall–Kier alpha value is -1.53. The molecular formula is C20H29N3O2S. The maximum absolute atomic E-state index is 13.0. The van der Waals surface area contributed by atoms with E-state index in [2.05, 4.69) is 26.1 Å². The molecule has 1 N–H and O–H groups in total. The van der Waals surface area contributed by atoms with Crippen LogP contribution in [0.2, 0.25) is 0 Å². The maximum Gasteiger partial charge on any atom is 0.255 e. The summed E-state index contributed by atoms with van der Waals surface area (Å²) in [5, 5.41) is 3.32. The molecular weight excluding hydrogens is 346 g/mol. The summed E-state index contributed by atoms with van der Waals surface area (Å²) in [6.07, 6.45) is 0.966. The van der Waals surface area contributed by atoms with E-state index in [-0.39, 0.29) is 23.3 Å². The molecule has 0 bridgehead atoms. The van der Waals surface area contributed by atoms with Gasteiger partial charge in [0.05, 0.1) is 5.88 Å². The lowest BCUT2D eigenvalue weighted by Gasteiger charge is -2.29. The molecule has 6 heteroatoms. The number of nitrogens with zero attached hydrogens (tertiary/aromatic N) is 2. The number of benzene rings is 1. The zero-order chi connectivity index (χ0) is 18.7. The van der Waals surface area contributed by atoms with Crippen LogP contribution in [0.15, 0.2) is 24.3 Å². The number of nitrogens with one attached hydrogen (secondary N) is 1. The Labute approximate surface area is 160 Å². The van der Waals surface area contributed by atoms with Crippen molar-refractivity contribution < 1.29 is 9.59 Å². The third kappa shape index (κ3) is 4.23. The molecule has 142 valence electrons. The smallest absolute Gasteiger partial charge is 0.255 e. The van der Waals surface area contributed by atoms with Gasteiger partial charge < -0.3 is 15.1 Å². The van der Waals surface area contributed by atoms with Crippen LogP contribution in [0.1, 0.15) is 43.1 Å². The summed E-state index contributed by atoms with van der Waals surface area (Å²) in [4.78, 5) is 29.6. The molecule has 1 aromatic rings. The van der Waals surface area contributed by atoms with Gasteiger partial charge in [-0.05, 0) is 36.1 Å². The van der Waals surface area contributed by atoms with Gasteiger partial charge in [0.1, 0.15) is 6.04 Å². The molecule has 1 aromatic carbocycles. The predicted octanol–water partition coefficient (Wildman–Crippen LogP) is 2.32. The molecule has 0 aromatic heterocycles. The van der Waals surface area contributed by atoms with Crippen LogP contribution in [0.3, 0.4) is 0 Å². The number of hydrogen-bond acceptors (Lipinski definition) is 4. The maximum atomic E-state index is 13.0. The normalized spacial score (nSPS) is 21.6. The molecule has 5 nitrogen and oxygen atoms in total. The van der Waals surface area contributed by atoms with Crippen LogP contribution >= 0.6 is 11.8 Å². The van der Waals surface area contributed by atoms with E-state index >= 15 is 0 Å². The van der Waals surface area contributed by atoms with Gasteiger partial charge in [-0.3, -0.25) is 9.59 Å². The van der Waals surface area contributed by atoms with Crippen molar-refractivity contribution in [3.05, 3.63) is 35.4 Å². The molecule has 3 rings (SSSR count). The average Bonchev–Trinajstić information content (AvgIpc) is 2.94. The lowest BCUT2D eigenvalue weighted by molar-refractivity contribution is -0.134. The number of rotatable bonds is 2. The lowest BCUT2D eigenvalue weighted by Crippen LogP contribution is -2.49. The van der Waals surface area contributed by atoms with Crippen LogP contribution in [-0.2, 0) is 10.2 Å². The second kappa shape index (κ2) is 8.01. The largest absolute Gasteiger partial charge is 0.340 e. The molecule has 2 aliphatic rings. The van der Waals surface area contributed by atoms with E-state index < -0.39 is 0 Å². The van der Waals surface area contributed by atoms with Crippen molar-refractivity contribution in [2.75, 3.05) is 37.8 Å². The highest BCUT2D eigenvalue weighted by atomic mass is 32.2. The Bertz CT molecular complexity index is 646. The van der Waals surface area contributed by atoms with E-state index in [0.29, 0.717) is 17.2 Å². The Balaban J connectivity index is 1.72. The van der Waals surface area contributed by atoms with Crippen LogP contribution in [-0.4, -0.2) is 65.5 Å². The van der Waals surface area contributed by atoms with E-state index in [0.717, 1.165) is 32.6 Å². The zero-order valence-electron chi connectivity index (χ0n) is 16.0. The molecule has 2 amide bonds. The standard InChI is InChI=1S/C20H29N3O2S/c1-20(2,3)16-7-5-15(6-8-16)18(24)23-14-26-13-17(23)19(25)22-11-4-9-21-10-12-22/h5-8,17,21H,4,9-14H2,1-3H3. The fourth-order valence-corrected chi connectivity index (χ4v) is 4.55. The summed E-state index contributed by atoms with van der Waals surface area (Å²) >= 11 is 1.66. The van der Waals surface area contributed by atoms with Crippen molar-refractivity contribution in [1.29, 1.82) is 0 Å². The van der Waals surface area contributed by atoms with Crippen molar-refractivity contribution in [3.63, 3.8) is 0 Å². The quantitative estimate of drug-likeness (QED) is 0.862. The van der Waals surface area contributed by atoms with Crippen molar-refractivity contribution in [3.8, 4) is 0 Å². The van der Waals surface area contributed by atoms with Crippen molar-refractivity contribution in [2.45, 2.75) is 38.6 Å². The van der Waals surface area contributed by atoms with E-state index in [1.807, 2.05) is 29.2 Å². The SMILES string of the molecule is CC(C)(C)c1ccc(C(=O)N2CSCC2C(=O)N2CCCNCC2)cc1. The molecule has 0 spiro atoms. The van der Waals surface area contributed by atoms with Gasteiger partial charge in [-0.25, -0.2) is 0 Å². The van der Waals surface area contributed by atoms with Crippen LogP contribution in [0.25, 0.3) is 0 Å². The van der Waals surface area contributed by atoms with Crippen LogP contribution in [0, 0.1) is 0 Å². The van der Waals surface area contributed by atoms with E-state index in [1.165, 1.54) is 5.56 Å². The topological polar surface area (TPSA) is 52.7 Å². The van der Waals surface area contributed by atoms with Gasteiger partial charge >= 0.3 is 0 Å². The number of carbonyl (C=O) groups excluding carboxylic acids is 2. The van der Waals surface area contributed by atoms with E-state index in [9.17, 15) is 9.59 Å². The Morgan fingerprint density at radius 2 is 1.85 bits per heavy atom. The van der Waals surface area contributed by atoms with Crippen LogP contribution in [0.5, 0.6) is 0 Å². The fraction of sp³-hybridized carbons (Fsp3) is 0.600. The van der Waals surface area contributed by atoms with Crippen molar-refractivity contribution in [2.24, 2.45) is 0 Å². The van der Waals surface area contributed by atoms with Crippen molar-refractivity contribution >= 4 is 23.6 Å². The highest BCUT2D eigenvalue weighted by molar-refractivity contribution is 7.99. The Morgan fingerprint density at radius 3 is 2.54 bits per heavy atom. The molecule has 0 radical (unpaired) electrons. The third-order valence-electron chi connectivity index (χ3n) is 5.08. The molecule has 0 aliphatic carbocycles. The molecule has 26 heavy (non-hydrogen) atoms. The summed E-state index contributed by atoms with van der Waals surface area (Å²) in [5.74, 6) is 1.33. The lowest BCUT2D eigenvalue weighted by atomic mass is 9.86. The third-order valence-corrected chi connectivity index (χ3v) is 6.09. The average molecular weight is 376 g/mol. The van der Waals surface area contributed by atoms with Gasteiger partial charge in [0.25, 0.3) is 5.91 Å². The molecule has 2 aliphatic heterocycles. The first-order chi connectivity index (χ1) is 12.4. The predicted molar refractivity (Wildman–Crippen MR) is 106 cm³/mol. The van der Waals surface area contributed by atoms with Gasteiger partial charge in [-0.1, -0.05) is 32.9 Å². The minimum Gasteiger partial charge on any atom is -0.340 e. The highest BCUT2D eigenvalue weighted by Gasteiger charge is 2.37. The Kier molecular flexibility index (Phi) is 5.92. The van der Waals surface area contributed by atoms with Gasteiger partial charge in [0.15, 0.2) is 0 Å². The number of thioether (sulfide) groups is 1. The second-order valence-corrected chi connectivity index (χ2v) is 9.05. The van der Waals surface area contributed by atoms with Gasteiger partial charge in [-0.2, -0.15) is 0 Å². The molecule has 0 saturated carbocycles. The number of carbonyl (C=O) groups is 2. The first-order valence-electron chi connectivity index (χ1n) is 9.37. The summed E-state index contributed by atoms with van der Waals surface area (Å²) in [6.45, 7) is 9.75. The first-order valence-corrected chi connectivity index (χ1v) is 10.5. The molecule has 2 fully saturated rings. The molecule has 2 saturated heterocycles. The molecule has 1 atom stereocenters. The minimum atomic E-state index is -0.340. The highest BCUT2D eigenvalue weighted by Crippen LogP contribution is 2.26. The molecule has 1 unspecified atom stereocenters. The Morgan fingerprint density at radius 1 is 1.12 bits per heavy atom. The summed E-state index contributed by atoms with van der Waals surface area (Å²) in [5.41, 5.74) is 1.93. The van der Waals surface area contributed by atoms with Gasteiger partial charge in [-0.15, -0.1) is 11.8 Å². The van der Waals surface area contributed by atoms with Gasteiger partial charge in [0.2, 0.25) is 5.91 Å². The van der Waals surface area contributed by atoms with E-state index in [4.69, 9.17) is 0 Å². The van der Waals surface area contributed by atoms with Crippen LogP contribution in [0.4, 0.5) is 0 Å². The van der Waals surface area contributed by atoms with Gasteiger partial charge in [0, 0.05) is 31.0 Å². The number of hydrogen-bond donors (Lipinski definition) is 1. The van der Waals surface area contributed by atoms with Crippen LogP contribution < -0.4 is 5.32 Å². The summed E-state index contributed by atoms with van der Waals surface area (Å²) in [6, 6.07) is 7.49. The van der Waals surface area contributed by atoms with E-state index in [1.54, 1.807) is 16.7 Å². The van der Waals surface area contributed by atoms with Crippen molar-refractivity contribution in [1.82, 2.24) is 15.1 Å². The summed E-state index contributed by atoms with van der Waals surface area (Å²) < 4.78 is 0. The second-order valence-electron chi connectivity index (χ2n) is 8.05. The summed E-state index contributed by atoms with van der Waals surface area (Å²) in [7, 11) is 0. The fourth-order valence-electron chi connectivity index (χ4n) is 3.40. The monoisotopic (exact) mass is 375 g/mol.